The molecule has 1 aromatic rings. The number of hydrogen-bond acceptors (Lipinski definition) is 6. The van der Waals surface area contributed by atoms with Gasteiger partial charge in [0.05, 0.1) is 12.6 Å². The highest BCUT2D eigenvalue weighted by Gasteiger charge is 2.36. The summed E-state index contributed by atoms with van der Waals surface area (Å²) in [5.74, 6) is 1.04. The summed E-state index contributed by atoms with van der Waals surface area (Å²) in [4.78, 5) is 34.0. The fourth-order valence-corrected chi connectivity index (χ4v) is 3.90. The minimum absolute atomic E-state index is 0.0561. The third-order valence-electron chi connectivity index (χ3n) is 5.33. The Hall–Kier alpha value is -2.23. The van der Waals surface area contributed by atoms with Gasteiger partial charge in [-0.25, -0.2) is 9.18 Å². The molecule has 1 aromatic heterocycles. The van der Waals surface area contributed by atoms with Crippen LogP contribution in [0.5, 0.6) is 0 Å². The standard InChI is InChI=1S/C18H29FN6O3/c1-11(2)25-8-14(6-17(25)26)21-18(27)23(4)9-15-5-13(19)7-24(15)10-16-20-12(3)28-22-16/h11,13-15H,5-10H2,1-4H3,(H,21,27)/t13-,14?,15-/m0/s1. The maximum absolute atomic E-state index is 14.0. The van der Waals surface area contributed by atoms with E-state index < -0.39 is 6.17 Å². The minimum Gasteiger partial charge on any atom is -0.340 e. The van der Waals surface area contributed by atoms with Crippen LogP contribution in [0, 0.1) is 6.92 Å². The average Bonchev–Trinajstić information content (AvgIpc) is 3.27. The second-order valence-corrected chi connectivity index (χ2v) is 8.02. The predicted molar refractivity (Wildman–Crippen MR) is 99.2 cm³/mol. The number of hydrogen-bond donors (Lipinski definition) is 1. The molecule has 1 N–H and O–H groups in total. The zero-order valence-electron chi connectivity index (χ0n) is 16.9. The summed E-state index contributed by atoms with van der Waals surface area (Å²) in [6.07, 6.45) is -0.268. The molecule has 2 aliphatic heterocycles. The van der Waals surface area contributed by atoms with Gasteiger partial charge in [-0.3, -0.25) is 9.69 Å². The van der Waals surface area contributed by atoms with Crippen molar-refractivity contribution in [2.75, 3.05) is 26.7 Å². The molecule has 0 bridgehead atoms. The van der Waals surface area contributed by atoms with Crippen LogP contribution >= 0.6 is 0 Å². The smallest absolute Gasteiger partial charge is 0.317 e. The van der Waals surface area contributed by atoms with Crippen LogP contribution in [0.1, 0.15) is 38.4 Å². The van der Waals surface area contributed by atoms with Crippen molar-refractivity contribution >= 4 is 11.9 Å². The van der Waals surface area contributed by atoms with Crippen LogP contribution in [0.2, 0.25) is 0 Å². The quantitative estimate of drug-likeness (QED) is 0.769. The molecule has 3 amide bonds. The summed E-state index contributed by atoms with van der Waals surface area (Å²) in [6.45, 7) is 7.21. The molecule has 28 heavy (non-hydrogen) atoms. The van der Waals surface area contributed by atoms with Gasteiger partial charge in [0.25, 0.3) is 0 Å². The van der Waals surface area contributed by atoms with Crippen molar-refractivity contribution in [2.24, 2.45) is 0 Å². The predicted octanol–water partition coefficient (Wildman–Crippen LogP) is 0.941. The number of nitrogens with one attached hydrogen (secondary N) is 1. The van der Waals surface area contributed by atoms with E-state index in [1.807, 2.05) is 18.7 Å². The molecular weight excluding hydrogens is 367 g/mol. The van der Waals surface area contributed by atoms with Gasteiger partial charge < -0.3 is 19.6 Å². The summed E-state index contributed by atoms with van der Waals surface area (Å²) in [5, 5.41) is 6.79. The van der Waals surface area contributed by atoms with E-state index in [0.29, 0.717) is 44.2 Å². The molecule has 156 valence electrons. The van der Waals surface area contributed by atoms with Gasteiger partial charge in [-0.1, -0.05) is 5.16 Å². The number of carbonyl (C=O) groups excluding carboxylic acids is 2. The van der Waals surface area contributed by atoms with Crippen molar-refractivity contribution in [2.45, 2.75) is 64.5 Å². The van der Waals surface area contributed by atoms with Gasteiger partial charge in [-0.05, 0) is 20.3 Å². The van der Waals surface area contributed by atoms with Gasteiger partial charge in [0, 0.05) is 52.1 Å². The second-order valence-electron chi connectivity index (χ2n) is 8.02. The Balaban J connectivity index is 1.53. The Morgan fingerprint density at radius 2 is 2.18 bits per heavy atom. The molecule has 0 saturated carbocycles. The first-order valence-corrected chi connectivity index (χ1v) is 9.71. The molecule has 3 heterocycles. The van der Waals surface area contributed by atoms with Crippen molar-refractivity contribution in [1.82, 2.24) is 30.2 Å². The topological polar surface area (TPSA) is 94.8 Å². The van der Waals surface area contributed by atoms with Gasteiger partial charge in [0.2, 0.25) is 11.8 Å². The van der Waals surface area contributed by atoms with E-state index >= 15 is 0 Å². The van der Waals surface area contributed by atoms with Gasteiger partial charge in [0.1, 0.15) is 6.17 Å². The van der Waals surface area contributed by atoms with Crippen LogP contribution < -0.4 is 5.32 Å². The van der Waals surface area contributed by atoms with E-state index in [2.05, 4.69) is 15.5 Å². The lowest BCUT2D eigenvalue weighted by Gasteiger charge is -2.28. The third kappa shape index (κ3) is 4.78. The lowest BCUT2D eigenvalue weighted by atomic mass is 10.2. The van der Waals surface area contributed by atoms with Crippen LogP contribution in [0.15, 0.2) is 4.52 Å². The summed E-state index contributed by atoms with van der Waals surface area (Å²) < 4.78 is 19.0. The van der Waals surface area contributed by atoms with E-state index in [1.165, 1.54) is 0 Å². The molecule has 0 spiro atoms. The molecule has 3 rings (SSSR count). The van der Waals surface area contributed by atoms with Crippen molar-refractivity contribution in [3.63, 3.8) is 0 Å². The molecule has 10 heteroatoms. The van der Waals surface area contributed by atoms with Gasteiger partial charge in [-0.15, -0.1) is 0 Å². The first kappa shape index (κ1) is 20.5. The number of aromatic nitrogens is 2. The lowest BCUT2D eigenvalue weighted by Crippen LogP contribution is -2.48. The largest absolute Gasteiger partial charge is 0.340 e. The molecule has 0 aromatic carbocycles. The Morgan fingerprint density at radius 3 is 2.79 bits per heavy atom. The number of rotatable bonds is 6. The van der Waals surface area contributed by atoms with Crippen LogP contribution in [0.25, 0.3) is 0 Å². The summed E-state index contributed by atoms with van der Waals surface area (Å²) >= 11 is 0. The molecule has 0 radical (unpaired) electrons. The molecule has 2 aliphatic rings. The first-order chi connectivity index (χ1) is 13.2. The third-order valence-corrected chi connectivity index (χ3v) is 5.33. The zero-order valence-corrected chi connectivity index (χ0v) is 16.9. The second kappa shape index (κ2) is 8.42. The van der Waals surface area contributed by atoms with Crippen LogP contribution in [0.3, 0.4) is 0 Å². The van der Waals surface area contributed by atoms with Crippen molar-refractivity contribution in [1.29, 1.82) is 0 Å². The molecule has 2 fully saturated rings. The highest BCUT2D eigenvalue weighted by atomic mass is 19.1. The number of nitrogens with zero attached hydrogens (tertiary/aromatic N) is 5. The van der Waals surface area contributed by atoms with Crippen molar-refractivity contribution in [3.05, 3.63) is 11.7 Å². The van der Waals surface area contributed by atoms with E-state index in [0.717, 1.165) is 0 Å². The zero-order chi connectivity index (χ0) is 20.4. The Kier molecular flexibility index (Phi) is 6.17. The molecule has 0 aliphatic carbocycles. The number of likely N-dealkylation sites (N-methyl/N-ethyl adjacent to an activating group) is 1. The van der Waals surface area contributed by atoms with E-state index in [4.69, 9.17) is 4.52 Å². The summed E-state index contributed by atoms with van der Waals surface area (Å²) in [5.41, 5.74) is 0. The molecule has 9 nitrogen and oxygen atoms in total. The average molecular weight is 396 g/mol. The lowest BCUT2D eigenvalue weighted by molar-refractivity contribution is -0.129. The normalized spacial score (nSPS) is 25.7. The minimum atomic E-state index is -0.943. The maximum atomic E-state index is 14.0. The van der Waals surface area contributed by atoms with Crippen LogP contribution in [0.4, 0.5) is 9.18 Å². The molecular formula is C18H29FN6O3. The number of urea groups is 1. The van der Waals surface area contributed by atoms with Gasteiger partial charge in [0.15, 0.2) is 5.82 Å². The van der Waals surface area contributed by atoms with Gasteiger partial charge in [-0.2, -0.15) is 4.98 Å². The number of likely N-dealkylation sites (tertiary alicyclic amines) is 2. The number of alkyl halides is 1. The monoisotopic (exact) mass is 396 g/mol. The highest BCUT2D eigenvalue weighted by molar-refractivity contribution is 5.81. The summed E-state index contributed by atoms with van der Waals surface area (Å²) in [7, 11) is 1.69. The van der Waals surface area contributed by atoms with Crippen molar-refractivity contribution in [3.8, 4) is 0 Å². The fourth-order valence-electron chi connectivity index (χ4n) is 3.90. The first-order valence-electron chi connectivity index (χ1n) is 9.71. The van der Waals surface area contributed by atoms with Crippen molar-refractivity contribution < 1.29 is 18.5 Å². The van der Waals surface area contributed by atoms with Gasteiger partial charge >= 0.3 is 6.03 Å². The molecule has 1 unspecified atom stereocenters. The number of carbonyl (C=O) groups is 2. The Morgan fingerprint density at radius 1 is 1.43 bits per heavy atom. The Labute approximate surface area is 164 Å². The molecule has 3 atom stereocenters. The summed E-state index contributed by atoms with van der Waals surface area (Å²) in [6, 6.07) is -0.446. The van der Waals surface area contributed by atoms with E-state index in [-0.39, 0.29) is 36.6 Å². The number of aryl methyl sites for hydroxylation is 1. The molecule has 2 saturated heterocycles. The van der Waals surface area contributed by atoms with Crippen LogP contribution in [-0.4, -0.2) is 87.8 Å². The van der Waals surface area contributed by atoms with E-state index in [1.54, 1.807) is 23.8 Å². The number of halogens is 1. The SMILES string of the molecule is Cc1nc(CN2C[C@@H](F)C[C@H]2CN(C)C(=O)NC2CC(=O)N(C(C)C)C2)no1. The van der Waals surface area contributed by atoms with E-state index in [9.17, 15) is 14.0 Å². The fraction of sp³-hybridized carbons (Fsp3) is 0.778. The highest BCUT2D eigenvalue weighted by Crippen LogP contribution is 2.23. The van der Waals surface area contributed by atoms with Crippen LogP contribution in [-0.2, 0) is 11.3 Å². The maximum Gasteiger partial charge on any atom is 0.317 e. The number of amides is 3. The Bertz CT molecular complexity index is 711.